The molecular weight excluding hydrogens is 490 g/mol. The zero-order valence-corrected chi connectivity index (χ0v) is 20.3. The maximum Gasteiger partial charge on any atom is 0.414 e. The van der Waals surface area contributed by atoms with Gasteiger partial charge in [0.15, 0.2) is 5.76 Å². The van der Waals surface area contributed by atoms with Crippen LogP contribution < -0.4 is 15.8 Å². The summed E-state index contributed by atoms with van der Waals surface area (Å²) < 4.78 is 13.8. The van der Waals surface area contributed by atoms with Crippen LogP contribution in [0.3, 0.4) is 0 Å². The number of ether oxygens (including phenoxy) is 1. The van der Waals surface area contributed by atoms with Crippen LogP contribution in [-0.2, 0) is 11.3 Å². The number of hydrogen-bond donors (Lipinski definition) is 2. The van der Waals surface area contributed by atoms with Crippen molar-refractivity contribution in [3.05, 3.63) is 58.6 Å². The smallest absolute Gasteiger partial charge is 0.393 e. The number of aromatic nitrogens is 2. The van der Waals surface area contributed by atoms with Gasteiger partial charge >= 0.3 is 6.09 Å². The van der Waals surface area contributed by atoms with E-state index in [1.165, 1.54) is 11.3 Å². The molecule has 4 heterocycles. The van der Waals surface area contributed by atoms with Gasteiger partial charge in [0, 0.05) is 36.7 Å². The lowest BCUT2D eigenvalue weighted by Gasteiger charge is -2.31. The van der Waals surface area contributed by atoms with Gasteiger partial charge in [0.25, 0.3) is 0 Å². The third kappa shape index (κ3) is 5.50. The normalized spacial score (nSPS) is 14.9. The van der Waals surface area contributed by atoms with Crippen LogP contribution in [-0.4, -0.2) is 52.3 Å². The first-order valence-electron chi connectivity index (χ1n) is 11.2. The number of para-hydroxylation sites is 1. The number of nitrogens with two attached hydrogens (primary N) is 1. The molecule has 0 bridgehead atoms. The van der Waals surface area contributed by atoms with Crippen molar-refractivity contribution < 1.29 is 18.8 Å². The van der Waals surface area contributed by atoms with Crippen LogP contribution >= 0.6 is 22.9 Å². The Balaban J connectivity index is 1.29. The fourth-order valence-corrected chi connectivity index (χ4v) is 5.28. The molecule has 3 N–H and O–H groups in total. The molecule has 182 valence electrons. The highest BCUT2D eigenvalue weighted by molar-refractivity contribution is 7.19. The summed E-state index contributed by atoms with van der Waals surface area (Å²) in [5.74, 6) is 0.705. The van der Waals surface area contributed by atoms with Crippen molar-refractivity contribution in [2.75, 3.05) is 19.6 Å². The molecule has 2 amide bonds. The molecule has 0 radical (unpaired) electrons. The number of likely N-dealkylation sites (tertiary alicyclic amines) is 1. The van der Waals surface area contributed by atoms with E-state index in [9.17, 15) is 9.59 Å². The van der Waals surface area contributed by atoms with Crippen molar-refractivity contribution >= 4 is 45.8 Å². The highest BCUT2D eigenvalue weighted by Crippen LogP contribution is 2.32. The molecule has 0 aliphatic carbocycles. The fraction of sp³-hybridized carbons (Fsp3) is 0.292. The quantitative estimate of drug-likeness (QED) is 0.384. The average Bonchev–Trinajstić information content (AvgIpc) is 3.54. The minimum Gasteiger partial charge on any atom is -0.393 e. The third-order valence-corrected chi connectivity index (χ3v) is 7.20. The number of primary amides is 1. The molecule has 11 heteroatoms. The number of rotatable bonds is 7. The van der Waals surface area contributed by atoms with Crippen molar-refractivity contribution in [3.8, 4) is 16.5 Å². The minimum atomic E-state index is -0.517. The molecule has 0 unspecified atom stereocenters. The van der Waals surface area contributed by atoms with E-state index in [1.807, 2.05) is 58.0 Å². The monoisotopic (exact) mass is 513 g/mol. The summed E-state index contributed by atoms with van der Waals surface area (Å²) in [4.78, 5) is 26.7. The number of halogens is 1. The van der Waals surface area contributed by atoms with E-state index >= 15 is 0 Å². The summed E-state index contributed by atoms with van der Waals surface area (Å²) in [6.45, 7) is 1.99. The van der Waals surface area contributed by atoms with Crippen LogP contribution in [0.25, 0.3) is 21.5 Å². The lowest BCUT2D eigenvalue weighted by atomic mass is 10.1. The van der Waals surface area contributed by atoms with Gasteiger partial charge in [-0.05, 0) is 31.0 Å². The number of nitrogens with one attached hydrogen (secondary N) is 1. The van der Waals surface area contributed by atoms with Crippen LogP contribution in [0.5, 0.6) is 5.88 Å². The average molecular weight is 514 g/mol. The van der Waals surface area contributed by atoms with E-state index in [0.717, 1.165) is 28.6 Å². The van der Waals surface area contributed by atoms with Crippen LogP contribution in [0.2, 0.25) is 4.34 Å². The molecule has 1 aliphatic heterocycles. The maximum atomic E-state index is 12.7. The summed E-state index contributed by atoms with van der Waals surface area (Å²) >= 11 is 7.46. The minimum absolute atomic E-state index is 0.0276. The van der Waals surface area contributed by atoms with Gasteiger partial charge in [0.1, 0.15) is 5.69 Å². The van der Waals surface area contributed by atoms with Gasteiger partial charge in [-0.25, -0.2) is 4.79 Å². The van der Waals surface area contributed by atoms with Crippen LogP contribution in [0.4, 0.5) is 4.79 Å². The molecule has 4 aromatic rings. The topological polar surface area (TPSA) is 116 Å². The summed E-state index contributed by atoms with van der Waals surface area (Å²) in [5.41, 5.74) is 6.88. The van der Waals surface area contributed by atoms with Gasteiger partial charge < -0.3 is 24.9 Å². The SMILES string of the molecule is NC(=O)CN1CCC(NC(=O)Oc2cc3ccccc3n2Cc2cc(-c3ccc(Cl)s3)on2)CC1. The number of thiophene rings is 1. The first-order chi connectivity index (χ1) is 16.9. The van der Waals surface area contributed by atoms with E-state index < -0.39 is 6.09 Å². The summed E-state index contributed by atoms with van der Waals surface area (Å²) in [5, 5.41) is 8.09. The van der Waals surface area contributed by atoms with Gasteiger partial charge in [0.2, 0.25) is 11.8 Å². The molecule has 3 aromatic heterocycles. The van der Waals surface area contributed by atoms with Crippen molar-refractivity contribution in [3.63, 3.8) is 0 Å². The highest BCUT2D eigenvalue weighted by Gasteiger charge is 2.23. The van der Waals surface area contributed by atoms with Gasteiger partial charge in [-0.15, -0.1) is 11.3 Å². The Labute approximate surface area is 210 Å². The van der Waals surface area contributed by atoms with Crippen molar-refractivity contribution in [2.24, 2.45) is 5.73 Å². The molecule has 5 rings (SSSR count). The second-order valence-corrected chi connectivity index (χ2v) is 10.2. The molecular formula is C24H24ClN5O4S. The number of benzene rings is 1. The maximum absolute atomic E-state index is 12.7. The Morgan fingerprint density at radius 1 is 1.20 bits per heavy atom. The number of hydrogen-bond acceptors (Lipinski definition) is 7. The third-order valence-electron chi connectivity index (χ3n) is 5.95. The Kier molecular flexibility index (Phi) is 6.76. The van der Waals surface area contributed by atoms with Crippen LogP contribution in [0.15, 0.2) is 53.1 Å². The van der Waals surface area contributed by atoms with Crippen molar-refractivity contribution in [1.29, 1.82) is 0 Å². The molecule has 1 saturated heterocycles. The van der Waals surface area contributed by atoms with Gasteiger partial charge in [-0.1, -0.05) is 35.0 Å². The van der Waals surface area contributed by atoms with E-state index in [2.05, 4.69) is 10.5 Å². The number of carbonyl (C=O) groups excluding carboxylic acids is 2. The second-order valence-electron chi connectivity index (χ2n) is 8.46. The largest absolute Gasteiger partial charge is 0.414 e. The highest BCUT2D eigenvalue weighted by atomic mass is 35.5. The lowest BCUT2D eigenvalue weighted by Crippen LogP contribution is -2.47. The predicted molar refractivity (Wildman–Crippen MR) is 134 cm³/mol. The Morgan fingerprint density at radius 2 is 2.00 bits per heavy atom. The summed E-state index contributed by atoms with van der Waals surface area (Å²) in [6.07, 6.45) is 0.927. The van der Waals surface area contributed by atoms with E-state index in [4.69, 9.17) is 26.6 Å². The molecule has 0 saturated carbocycles. The summed E-state index contributed by atoms with van der Waals surface area (Å²) in [6, 6.07) is 15.2. The molecule has 1 aliphatic rings. The van der Waals surface area contributed by atoms with Crippen LogP contribution in [0.1, 0.15) is 18.5 Å². The number of nitrogens with zero attached hydrogens (tertiary/aromatic N) is 3. The van der Waals surface area contributed by atoms with Crippen molar-refractivity contribution in [2.45, 2.75) is 25.4 Å². The fourth-order valence-electron chi connectivity index (χ4n) is 4.29. The first kappa shape index (κ1) is 23.4. The number of piperidine rings is 1. The Hall–Kier alpha value is -3.34. The standard InChI is InChI=1S/C24H24ClN5O4S/c25-21-6-5-20(35-21)19-12-17(28-34-19)13-30-18-4-2-1-3-15(18)11-23(30)33-24(32)27-16-7-9-29(10-8-16)14-22(26)31/h1-6,11-12,16H,7-10,13-14H2,(H2,26,31)(H,27,32). The summed E-state index contributed by atoms with van der Waals surface area (Å²) in [7, 11) is 0. The molecule has 35 heavy (non-hydrogen) atoms. The Morgan fingerprint density at radius 3 is 2.74 bits per heavy atom. The second kappa shape index (κ2) is 10.1. The molecule has 0 atom stereocenters. The zero-order chi connectivity index (χ0) is 24.4. The van der Waals surface area contributed by atoms with E-state index in [-0.39, 0.29) is 18.5 Å². The number of carbonyl (C=O) groups is 2. The van der Waals surface area contributed by atoms with E-state index in [0.29, 0.717) is 41.3 Å². The van der Waals surface area contributed by atoms with Crippen molar-refractivity contribution in [1.82, 2.24) is 19.9 Å². The molecule has 0 spiro atoms. The molecule has 9 nitrogen and oxygen atoms in total. The van der Waals surface area contributed by atoms with E-state index in [1.54, 1.807) is 0 Å². The first-order valence-corrected chi connectivity index (χ1v) is 12.4. The van der Waals surface area contributed by atoms with Gasteiger partial charge in [0.05, 0.1) is 27.8 Å². The van der Waals surface area contributed by atoms with Gasteiger partial charge in [-0.3, -0.25) is 9.69 Å². The lowest BCUT2D eigenvalue weighted by molar-refractivity contribution is -0.119. The zero-order valence-electron chi connectivity index (χ0n) is 18.8. The number of amides is 2. The molecule has 1 aromatic carbocycles. The van der Waals surface area contributed by atoms with Gasteiger partial charge in [-0.2, -0.15) is 0 Å². The predicted octanol–water partition coefficient (Wildman–Crippen LogP) is 4.10. The number of fused-ring (bicyclic) bond motifs is 1. The Bertz CT molecular complexity index is 1350. The van der Waals surface area contributed by atoms with Crippen LogP contribution in [0, 0.1) is 0 Å². The molecule has 1 fully saturated rings.